The molecule has 0 saturated heterocycles. The Labute approximate surface area is 116 Å². The summed E-state index contributed by atoms with van der Waals surface area (Å²) in [4.78, 5) is 0. The van der Waals surface area contributed by atoms with Crippen LogP contribution < -0.4 is 0 Å². The molecule has 19 heavy (non-hydrogen) atoms. The highest BCUT2D eigenvalue weighted by Gasteiger charge is 2.26. The zero-order valence-corrected chi connectivity index (χ0v) is 11.5. The van der Waals surface area contributed by atoms with Crippen LogP contribution in [0.25, 0.3) is 5.65 Å². The first-order valence-electron chi connectivity index (χ1n) is 6.74. The van der Waals surface area contributed by atoms with Gasteiger partial charge in [0, 0.05) is 11.4 Å². The zero-order valence-electron chi connectivity index (χ0n) is 10.7. The molecule has 98 valence electrons. The van der Waals surface area contributed by atoms with Crippen molar-refractivity contribution in [2.45, 2.75) is 42.5 Å². The molecule has 5 heteroatoms. The molecule has 2 unspecified atom stereocenters. The van der Waals surface area contributed by atoms with Gasteiger partial charge < -0.3 is 0 Å². The first-order chi connectivity index (χ1) is 9.38. The van der Waals surface area contributed by atoms with Crippen LogP contribution in [0.2, 0.25) is 0 Å². The van der Waals surface area contributed by atoms with Crippen molar-refractivity contribution in [3.8, 4) is 6.07 Å². The average molecular weight is 272 g/mol. The second-order valence-corrected chi connectivity index (χ2v) is 6.15. The number of rotatable bonds is 2. The molecule has 1 aliphatic carbocycles. The molecule has 1 aliphatic rings. The summed E-state index contributed by atoms with van der Waals surface area (Å²) in [6.07, 6.45) is 7.74. The van der Waals surface area contributed by atoms with Crippen LogP contribution in [0.15, 0.2) is 29.6 Å². The van der Waals surface area contributed by atoms with Crippen molar-refractivity contribution in [2.75, 3.05) is 0 Å². The lowest BCUT2D eigenvalue weighted by molar-refractivity contribution is 0.583. The van der Waals surface area contributed by atoms with Crippen LogP contribution in [-0.2, 0) is 0 Å². The molecule has 0 bridgehead atoms. The zero-order chi connectivity index (χ0) is 13.1. The van der Waals surface area contributed by atoms with Crippen molar-refractivity contribution in [1.29, 1.82) is 5.26 Å². The van der Waals surface area contributed by atoms with E-state index < -0.39 is 0 Å². The maximum absolute atomic E-state index is 9.32. The third-order valence-corrected chi connectivity index (χ3v) is 5.01. The molecule has 1 fully saturated rings. The maximum Gasteiger partial charge on any atom is 0.195 e. The molecule has 2 aromatic rings. The lowest BCUT2D eigenvalue weighted by Crippen LogP contribution is -2.14. The van der Waals surface area contributed by atoms with Gasteiger partial charge in [-0.3, -0.25) is 4.40 Å². The molecular weight excluding hydrogens is 256 g/mol. The van der Waals surface area contributed by atoms with Crippen molar-refractivity contribution < 1.29 is 0 Å². The van der Waals surface area contributed by atoms with Crippen molar-refractivity contribution in [1.82, 2.24) is 14.6 Å². The first-order valence-corrected chi connectivity index (χ1v) is 7.62. The number of pyridine rings is 1. The highest BCUT2D eigenvalue weighted by molar-refractivity contribution is 7.99. The highest BCUT2D eigenvalue weighted by Crippen LogP contribution is 2.35. The minimum Gasteiger partial charge on any atom is -0.277 e. The van der Waals surface area contributed by atoms with E-state index in [0.717, 1.165) is 23.6 Å². The number of nitriles is 1. The maximum atomic E-state index is 9.32. The summed E-state index contributed by atoms with van der Waals surface area (Å²) in [5.74, 6) is 0.142. The van der Waals surface area contributed by atoms with Crippen molar-refractivity contribution in [3.05, 3.63) is 24.4 Å². The Morgan fingerprint density at radius 3 is 3.00 bits per heavy atom. The van der Waals surface area contributed by atoms with E-state index in [1.165, 1.54) is 19.3 Å². The van der Waals surface area contributed by atoms with Gasteiger partial charge in [-0.15, -0.1) is 10.2 Å². The summed E-state index contributed by atoms with van der Waals surface area (Å²) in [6.45, 7) is 0. The van der Waals surface area contributed by atoms with Gasteiger partial charge in [0.25, 0.3) is 0 Å². The standard InChI is InChI=1S/C14H16N4S/c15-10-11-6-2-1-3-7-12(11)19-14-17-16-13-8-4-5-9-18(13)14/h4-5,8-9,11-12H,1-3,6-7H2. The summed E-state index contributed by atoms with van der Waals surface area (Å²) in [5, 5.41) is 19.0. The molecule has 0 spiro atoms. The highest BCUT2D eigenvalue weighted by atomic mass is 32.2. The Bertz CT molecular complexity index is 601. The minimum atomic E-state index is 0.142. The lowest BCUT2D eigenvalue weighted by Gasteiger charge is -2.17. The Hall–Kier alpha value is -1.54. The van der Waals surface area contributed by atoms with Gasteiger partial charge in [0.1, 0.15) is 0 Å². The van der Waals surface area contributed by atoms with Crippen molar-refractivity contribution in [2.24, 2.45) is 5.92 Å². The van der Waals surface area contributed by atoms with E-state index in [0.29, 0.717) is 5.25 Å². The quantitative estimate of drug-likeness (QED) is 0.787. The molecule has 4 nitrogen and oxygen atoms in total. The molecule has 0 aliphatic heterocycles. The fourth-order valence-corrected chi connectivity index (χ4v) is 3.87. The summed E-state index contributed by atoms with van der Waals surface area (Å²) in [5.41, 5.74) is 0.868. The molecule has 2 heterocycles. The smallest absolute Gasteiger partial charge is 0.195 e. The van der Waals surface area contributed by atoms with Gasteiger partial charge in [0.2, 0.25) is 0 Å². The minimum absolute atomic E-state index is 0.142. The van der Waals surface area contributed by atoms with Crippen molar-refractivity contribution >= 4 is 17.4 Å². The summed E-state index contributed by atoms with van der Waals surface area (Å²) in [6, 6.07) is 8.37. The van der Waals surface area contributed by atoms with Crippen LogP contribution in [0.5, 0.6) is 0 Å². The molecule has 0 aromatic carbocycles. The van der Waals surface area contributed by atoms with E-state index in [9.17, 15) is 5.26 Å². The van der Waals surface area contributed by atoms with E-state index in [1.807, 2.05) is 28.8 Å². The van der Waals surface area contributed by atoms with E-state index >= 15 is 0 Å². The van der Waals surface area contributed by atoms with E-state index in [4.69, 9.17) is 0 Å². The molecule has 0 N–H and O–H groups in total. The molecule has 1 saturated carbocycles. The van der Waals surface area contributed by atoms with Crippen molar-refractivity contribution in [3.63, 3.8) is 0 Å². The predicted molar refractivity (Wildman–Crippen MR) is 74.8 cm³/mol. The molecule has 2 atom stereocenters. The van der Waals surface area contributed by atoms with Gasteiger partial charge in [0.15, 0.2) is 10.8 Å². The van der Waals surface area contributed by atoms with Gasteiger partial charge in [-0.25, -0.2) is 0 Å². The lowest BCUT2D eigenvalue weighted by atomic mass is 10.0. The predicted octanol–water partition coefficient (Wildman–Crippen LogP) is 3.29. The van der Waals surface area contributed by atoms with Gasteiger partial charge in [-0.2, -0.15) is 5.26 Å². The third kappa shape index (κ3) is 2.59. The fraction of sp³-hybridized carbons (Fsp3) is 0.500. The van der Waals surface area contributed by atoms with Crippen LogP contribution in [0.4, 0.5) is 0 Å². The van der Waals surface area contributed by atoms with Gasteiger partial charge in [-0.05, 0) is 25.0 Å². The van der Waals surface area contributed by atoms with E-state index in [2.05, 4.69) is 16.3 Å². The molecule has 0 radical (unpaired) electrons. The van der Waals surface area contributed by atoms with Gasteiger partial charge in [0.05, 0.1) is 12.0 Å². The van der Waals surface area contributed by atoms with Gasteiger partial charge in [-0.1, -0.05) is 37.1 Å². The average Bonchev–Trinajstić information content (AvgIpc) is 2.71. The number of fused-ring (bicyclic) bond motifs is 1. The van der Waals surface area contributed by atoms with E-state index in [1.54, 1.807) is 11.8 Å². The summed E-state index contributed by atoms with van der Waals surface area (Å²) >= 11 is 1.71. The second-order valence-electron chi connectivity index (χ2n) is 4.94. The molecular formula is C14H16N4S. The number of nitrogens with zero attached hydrogens (tertiary/aromatic N) is 4. The topological polar surface area (TPSA) is 54.0 Å². The van der Waals surface area contributed by atoms with E-state index in [-0.39, 0.29) is 5.92 Å². The normalized spacial score (nSPS) is 23.9. The first kappa shape index (κ1) is 12.5. The van der Waals surface area contributed by atoms with Crippen LogP contribution >= 0.6 is 11.8 Å². The Kier molecular flexibility index (Phi) is 3.69. The summed E-state index contributed by atoms with van der Waals surface area (Å²) in [7, 11) is 0. The Morgan fingerprint density at radius 2 is 2.11 bits per heavy atom. The number of aromatic nitrogens is 3. The number of hydrogen-bond acceptors (Lipinski definition) is 4. The second kappa shape index (κ2) is 5.62. The summed E-state index contributed by atoms with van der Waals surface area (Å²) < 4.78 is 2.00. The largest absolute Gasteiger partial charge is 0.277 e. The fourth-order valence-electron chi connectivity index (χ4n) is 2.60. The Morgan fingerprint density at radius 1 is 1.21 bits per heavy atom. The Balaban J connectivity index is 1.85. The molecule has 2 aromatic heterocycles. The number of thioether (sulfide) groups is 1. The number of hydrogen-bond donors (Lipinski definition) is 0. The molecule has 0 amide bonds. The monoisotopic (exact) mass is 272 g/mol. The molecule has 3 rings (SSSR count). The third-order valence-electron chi connectivity index (χ3n) is 3.66. The van der Waals surface area contributed by atoms with Crippen LogP contribution in [-0.4, -0.2) is 19.8 Å². The van der Waals surface area contributed by atoms with Crippen LogP contribution in [0.3, 0.4) is 0 Å². The van der Waals surface area contributed by atoms with Crippen LogP contribution in [0.1, 0.15) is 32.1 Å². The SMILES string of the molecule is N#CC1CCCCCC1Sc1nnc2ccccn12. The van der Waals surface area contributed by atoms with Gasteiger partial charge >= 0.3 is 0 Å². The van der Waals surface area contributed by atoms with Crippen LogP contribution in [0, 0.1) is 17.2 Å².